The van der Waals surface area contributed by atoms with Crippen molar-refractivity contribution in [3.8, 4) is 0 Å². The highest BCUT2D eigenvalue weighted by Gasteiger charge is 2.30. The maximum absolute atomic E-state index is 13.1. The summed E-state index contributed by atoms with van der Waals surface area (Å²) in [7, 11) is -9.91. The molecule has 0 heterocycles. The number of aliphatic hydroxyl groups excluding tert-OH is 1. The van der Waals surface area contributed by atoms with Crippen LogP contribution in [0.1, 0.15) is 382 Å². The van der Waals surface area contributed by atoms with E-state index >= 15 is 0 Å². The van der Waals surface area contributed by atoms with Crippen molar-refractivity contribution >= 4 is 39.5 Å². The van der Waals surface area contributed by atoms with Gasteiger partial charge in [-0.25, -0.2) is 9.13 Å². The topological polar surface area (TPSA) is 237 Å². The molecule has 0 saturated heterocycles. The number of aliphatic hydroxyl groups is 1. The molecule has 19 heteroatoms. The van der Waals surface area contributed by atoms with Crippen molar-refractivity contribution in [2.24, 2.45) is 17.8 Å². The minimum Gasteiger partial charge on any atom is -0.462 e. The first-order chi connectivity index (χ1) is 45.3. The second-order valence-electron chi connectivity index (χ2n) is 28.0. The van der Waals surface area contributed by atoms with Crippen LogP contribution in [-0.2, 0) is 65.4 Å². The molecule has 7 atom stereocenters. The molecule has 0 aliphatic heterocycles. The van der Waals surface area contributed by atoms with Gasteiger partial charge in [0.1, 0.15) is 19.3 Å². The number of hydrogen-bond donors (Lipinski definition) is 3. The van der Waals surface area contributed by atoms with E-state index in [4.69, 9.17) is 37.0 Å². The highest BCUT2D eigenvalue weighted by molar-refractivity contribution is 7.47. The number of carbonyl (C=O) groups excluding carboxylic acids is 4. The summed E-state index contributed by atoms with van der Waals surface area (Å²) >= 11 is 0. The molecule has 0 aromatic carbocycles. The normalized spacial score (nSPS) is 14.7. The fourth-order valence-corrected chi connectivity index (χ4v) is 12.9. The number of esters is 4. The molecule has 0 saturated carbocycles. The van der Waals surface area contributed by atoms with Crippen LogP contribution in [0.25, 0.3) is 0 Å². The zero-order valence-corrected chi connectivity index (χ0v) is 63.2. The second-order valence-corrected chi connectivity index (χ2v) is 30.9. The third-order valence-corrected chi connectivity index (χ3v) is 20.0. The molecule has 0 amide bonds. The molecule has 0 aliphatic carbocycles. The van der Waals surface area contributed by atoms with Crippen LogP contribution in [0.4, 0.5) is 0 Å². The van der Waals surface area contributed by atoms with Crippen molar-refractivity contribution in [1.29, 1.82) is 0 Å². The summed E-state index contributed by atoms with van der Waals surface area (Å²) < 4.78 is 68.4. The van der Waals surface area contributed by atoms with Crippen LogP contribution in [0.15, 0.2) is 0 Å². The van der Waals surface area contributed by atoms with Gasteiger partial charge in [0.2, 0.25) is 0 Å². The minimum atomic E-state index is -4.96. The lowest BCUT2D eigenvalue weighted by molar-refractivity contribution is -0.161. The van der Waals surface area contributed by atoms with E-state index in [-0.39, 0.29) is 25.7 Å². The monoisotopic (exact) mass is 1380 g/mol. The zero-order valence-electron chi connectivity index (χ0n) is 61.4. The lowest BCUT2D eigenvalue weighted by Gasteiger charge is -2.21. The zero-order chi connectivity index (χ0) is 69.4. The average molecular weight is 1380 g/mol. The van der Waals surface area contributed by atoms with Gasteiger partial charge in [0.25, 0.3) is 0 Å². The lowest BCUT2D eigenvalue weighted by Crippen LogP contribution is -2.30. The molecular formula is C75H146O17P2. The summed E-state index contributed by atoms with van der Waals surface area (Å²) in [4.78, 5) is 72.6. The molecule has 0 bridgehead atoms. The van der Waals surface area contributed by atoms with Crippen LogP contribution in [0, 0.1) is 17.8 Å². The first kappa shape index (κ1) is 92.1. The Balaban J connectivity index is 5.20. The van der Waals surface area contributed by atoms with Crippen LogP contribution < -0.4 is 0 Å². The lowest BCUT2D eigenvalue weighted by atomic mass is 9.99. The van der Waals surface area contributed by atoms with E-state index in [1.54, 1.807) is 0 Å². The molecule has 0 aliphatic rings. The Bertz CT molecular complexity index is 1840. The third-order valence-electron chi connectivity index (χ3n) is 18.1. The van der Waals surface area contributed by atoms with Gasteiger partial charge in [-0.3, -0.25) is 37.3 Å². The second kappa shape index (κ2) is 65.7. The summed E-state index contributed by atoms with van der Waals surface area (Å²) in [5.41, 5.74) is 0. The van der Waals surface area contributed by atoms with E-state index < -0.39 is 97.5 Å². The Hall–Kier alpha value is -1.94. The highest BCUT2D eigenvalue weighted by Crippen LogP contribution is 2.45. The standard InChI is InChI=1S/C75H146O17P2/c1-8-11-12-13-32-42-49-56-72(77)85-62-70(92-75(80)59-52-45-38-31-30-35-41-48-55-68(7)10-3)64-89-93(81,82)87-60-69(76)61-88-94(83,84)90-65-71(63-86-73(78)57-50-43-36-28-24-20-16-14-18-22-26-33-39-46-53-66(4)5)91-74(79)58-51-44-37-29-25-21-17-15-19-23-27-34-40-47-54-67(6)9-2/h66-71,76H,8-65H2,1-7H3,(H,81,82)(H,83,84)/t67?,68?,69-,70+,71+/m0/s1. The average Bonchev–Trinajstić information content (AvgIpc) is 1.39. The Morgan fingerprint density at radius 3 is 0.809 bits per heavy atom. The predicted molar refractivity (Wildman–Crippen MR) is 381 cm³/mol. The summed E-state index contributed by atoms with van der Waals surface area (Å²) in [5, 5.41) is 10.6. The summed E-state index contributed by atoms with van der Waals surface area (Å²) in [6.45, 7) is 11.9. The first-order valence-corrected chi connectivity index (χ1v) is 41.9. The maximum atomic E-state index is 13.1. The highest BCUT2D eigenvalue weighted by atomic mass is 31.2. The molecular weight excluding hydrogens is 1230 g/mol. The molecule has 0 spiro atoms. The van der Waals surface area contributed by atoms with Crippen molar-refractivity contribution in [1.82, 2.24) is 0 Å². The van der Waals surface area contributed by atoms with Crippen LogP contribution in [0.2, 0.25) is 0 Å². The van der Waals surface area contributed by atoms with Crippen molar-refractivity contribution < 1.29 is 80.2 Å². The van der Waals surface area contributed by atoms with Gasteiger partial charge in [-0.05, 0) is 43.4 Å². The number of rotatable bonds is 73. The fraction of sp³-hybridized carbons (Fsp3) is 0.947. The minimum absolute atomic E-state index is 0.104. The Morgan fingerprint density at radius 2 is 0.543 bits per heavy atom. The van der Waals surface area contributed by atoms with E-state index in [0.717, 1.165) is 120 Å². The smallest absolute Gasteiger partial charge is 0.462 e. The van der Waals surface area contributed by atoms with E-state index in [0.29, 0.717) is 25.7 Å². The van der Waals surface area contributed by atoms with Gasteiger partial charge >= 0.3 is 39.5 Å². The van der Waals surface area contributed by atoms with Gasteiger partial charge in [0, 0.05) is 25.7 Å². The van der Waals surface area contributed by atoms with Crippen molar-refractivity contribution in [2.45, 2.75) is 401 Å². The van der Waals surface area contributed by atoms with E-state index in [1.807, 2.05) is 0 Å². The van der Waals surface area contributed by atoms with Gasteiger partial charge in [-0.15, -0.1) is 0 Å². The van der Waals surface area contributed by atoms with Crippen molar-refractivity contribution in [3.63, 3.8) is 0 Å². The van der Waals surface area contributed by atoms with Crippen LogP contribution >= 0.6 is 15.6 Å². The molecule has 0 aromatic heterocycles. The van der Waals surface area contributed by atoms with E-state index in [2.05, 4.69) is 48.5 Å². The number of phosphoric ester groups is 2. The van der Waals surface area contributed by atoms with Gasteiger partial charge in [0.15, 0.2) is 12.2 Å². The Labute approximate surface area is 575 Å². The number of hydrogen-bond acceptors (Lipinski definition) is 15. The number of phosphoric acid groups is 2. The van der Waals surface area contributed by atoms with Crippen LogP contribution in [0.3, 0.4) is 0 Å². The SMILES string of the molecule is CCCCCCCCCC(=O)OC[C@H](COP(=O)(O)OC[C@H](O)COP(=O)(O)OC[C@@H](COC(=O)CCCCCCCCCCCCCCCCC(C)C)OC(=O)CCCCCCCCCCCCCCCCC(C)CC)OC(=O)CCCCCCCCCCC(C)CC. The fourth-order valence-electron chi connectivity index (χ4n) is 11.4. The van der Waals surface area contributed by atoms with Crippen LogP contribution in [0.5, 0.6) is 0 Å². The maximum Gasteiger partial charge on any atom is 0.472 e. The molecule has 3 N–H and O–H groups in total. The van der Waals surface area contributed by atoms with Gasteiger partial charge in [-0.2, -0.15) is 0 Å². The Morgan fingerprint density at radius 1 is 0.309 bits per heavy atom. The Kier molecular flexibility index (Phi) is 64.3. The molecule has 558 valence electrons. The third kappa shape index (κ3) is 66.0. The number of ether oxygens (including phenoxy) is 4. The van der Waals surface area contributed by atoms with E-state index in [1.165, 1.54) is 180 Å². The largest absolute Gasteiger partial charge is 0.472 e. The van der Waals surface area contributed by atoms with Crippen molar-refractivity contribution in [3.05, 3.63) is 0 Å². The molecule has 94 heavy (non-hydrogen) atoms. The molecule has 0 aromatic rings. The van der Waals surface area contributed by atoms with Gasteiger partial charge in [0.05, 0.1) is 26.4 Å². The van der Waals surface area contributed by atoms with Gasteiger partial charge in [-0.1, -0.05) is 331 Å². The number of unbranched alkanes of at least 4 members (excludes halogenated alkanes) is 39. The molecule has 0 fully saturated rings. The molecule has 17 nitrogen and oxygen atoms in total. The quantitative estimate of drug-likeness (QED) is 0.0222. The van der Waals surface area contributed by atoms with E-state index in [9.17, 15) is 43.2 Å². The summed E-state index contributed by atoms with van der Waals surface area (Å²) in [6.07, 6.45) is 51.4. The summed E-state index contributed by atoms with van der Waals surface area (Å²) in [5.74, 6) is 0.290. The summed E-state index contributed by atoms with van der Waals surface area (Å²) in [6, 6.07) is 0. The van der Waals surface area contributed by atoms with Crippen LogP contribution in [-0.4, -0.2) is 96.7 Å². The number of carbonyl (C=O) groups is 4. The van der Waals surface area contributed by atoms with Gasteiger partial charge < -0.3 is 33.8 Å². The molecule has 0 radical (unpaired) electrons. The molecule has 4 unspecified atom stereocenters. The van der Waals surface area contributed by atoms with Crippen molar-refractivity contribution in [2.75, 3.05) is 39.6 Å². The molecule has 0 rings (SSSR count). The first-order valence-electron chi connectivity index (χ1n) is 38.9. The predicted octanol–water partition coefficient (Wildman–Crippen LogP) is 21.8.